The van der Waals surface area contributed by atoms with Gasteiger partial charge in [-0.1, -0.05) is 31.2 Å². The van der Waals surface area contributed by atoms with Crippen LogP contribution in [0.5, 0.6) is 0 Å². The molecule has 3 aromatic rings. The van der Waals surface area contributed by atoms with Crippen LogP contribution in [0.2, 0.25) is 0 Å². The highest BCUT2D eigenvalue weighted by molar-refractivity contribution is 5.83. The lowest BCUT2D eigenvalue weighted by Crippen LogP contribution is -2.58. The molecule has 5 rings (SSSR count). The van der Waals surface area contributed by atoms with Crippen LogP contribution in [0, 0.1) is 11.2 Å². The molecule has 2 aliphatic rings. The van der Waals surface area contributed by atoms with Crippen molar-refractivity contribution in [2.75, 3.05) is 36.8 Å². The molecular formula is C25H28FN5. The Hall–Kier alpha value is -2.99. The van der Waals surface area contributed by atoms with E-state index in [-0.39, 0.29) is 5.82 Å². The number of anilines is 2. The number of benzene rings is 2. The van der Waals surface area contributed by atoms with Gasteiger partial charge in [0.1, 0.15) is 5.82 Å². The van der Waals surface area contributed by atoms with Gasteiger partial charge in [0, 0.05) is 31.7 Å². The number of aromatic nitrogens is 2. The number of nitrogens with two attached hydrogens (primary N) is 1. The van der Waals surface area contributed by atoms with E-state index >= 15 is 0 Å². The van der Waals surface area contributed by atoms with E-state index in [1.54, 1.807) is 18.3 Å². The standard InChI is InChI=1S/C25H28FN5/c1-2-17-5-3-4-6-19(17)21-13-18(26)7-8-20(21)23-29-14-22(27)24(30-23)31-11-9-25(10-12-31)15-28-16-25/h3-8,13-14,28H,2,9-12,15-16,27H2,1H3. The van der Waals surface area contributed by atoms with Gasteiger partial charge in [-0.2, -0.15) is 0 Å². The molecule has 0 amide bonds. The lowest BCUT2D eigenvalue weighted by Gasteiger charge is -2.48. The molecule has 6 heteroatoms. The van der Waals surface area contributed by atoms with Crippen LogP contribution < -0.4 is 16.0 Å². The van der Waals surface area contributed by atoms with Gasteiger partial charge in [-0.3, -0.25) is 0 Å². The zero-order valence-corrected chi connectivity index (χ0v) is 17.9. The lowest BCUT2D eigenvalue weighted by atomic mass is 9.73. The van der Waals surface area contributed by atoms with E-state index in [0.29, 0.717) is 16.9 Å². The molecule has 1 aromatic heterocycles. The monoisotopic (exact) mass is 417 g/mol. The molecule has 0 atom stereocenters. The van der Waals surface area contributed by atoms with Gasteiger partial charge in [0.15, 0.2) is 11.6 Å². The van der Waals surface area contributed by atoms with E-state index in [4.69, 9.17) is 10.7 Å². The van der Waals surface area contributed by atoms with E-state index < -0.39 is 0 Å². The van der Waals surface area contributed by atoms with Gasteiger partial charge >= 0.3 is 0 Å². The van der Waals surface area contributed by atoms with Crippen molar-refractivity contribution < 1.29 is 4.39 Å². The summed E-state index contributed by atoms with van der Waals surface area (Å²) in [5.41, 5.74) is 11.1. The van der Waals surface area contributed by atoms with Crippen molar-refractivity contribution in [2.24, 2.45) is 5.41 Å². The average molecular weight is 418 g/mol. The molecule has 3 heterocycles. The smallest absolute Gasteiger partial charge is 0.162 e. The van der Waals surface area contributed by atoms with Crippen LogP contribution in [0.25, 0.3) is 22.5 Å². The predicted octanol–water partition coefficient (Wildman–Crippen LogP) is 4.28. The molecule has 5 nitrogen and oxygen atoms in total. The second kappa shape index (κ2) is 7.93. The Balaban J connectivity index is 1.53. The predicted molar refractivity (Wildman–Crippen MR) is 123 cm³/mol. The maximum atomic E-state index is 14.3. The first-order chi connectivity index (χ1) is 15.1. The summed E-state index contributed by atoms with van der Waals surface area (Å²) in [6.07, 6.45) is 4.84. The van der Waals surface area contributed by atoms with Crippen LogP contribution >= 0.6 is 0 Å². The number of hydrogen-bond donors (Lipinski definition) is 2. The lowest BCUT2D eigenvalue weighted by molar-refractivity contribution is 0.126. The number of piperidine rings is 1. The number of hydrogen-bond acceptors (Lipinski definition) is 5. The van der Waals surface area contributed by atoms with Crippen LogP contribution in [0.1, 0.15) is 25.3 Å². The molecule has 3 N–H and O–H groups in total. The van der Waals surface area contributed by atoms with Crippen molar-refractivity contribution in [3.8, 4) is 22.5 Å². The molecule has 0 bridgehead atoms. The minimum absolute atomic E-state index is 0.268. The van der Waals surface area contributed by atoms with E-state index in [9.17, 15) is 4.39 Å². The largest absolute Gasteiger partial charge is 0.394 e. The van der Waals surface area contributed by atoms with Crippen molar-refractivity contribution in [1.82, 2.24) is 15.3 Å². The third-order valence-electron chi connectivity index (χ3n) is 6.83. The van der Waals surface area contributed by atoms with Gasteiger partial charge in [0.2, 0.25) is 0 Å². The van der Waals surface area contributed by atoms with Crippen LogP contribution in [0.3, 0.4) is 0 Å². The summed E-state index contributed by atoms with van der Waals surface area (Å²) < 4.78 is 14.3. The fraction of sp³-hybridized carbons (Fsp3) is 0.360. The van der Waals surface area contributed by atoms with Crippen LogP contribution in [0.15, 0.2) is 48.7 Å². The van der Waals surface area contributed by atoms with Crippen LogP contribution in [0.4, 0.5) is 15.9 Å². The van der Waals surface area contributed by atoms with Gasteiger partial charge in [-0.25, -0.2) is 14.4 Å². The Kier molecular flexibility index (Phi) is 5.10. The van der Waals surface area contributed by atoms with E-state index in [2.05, 4.69) is 28.2 Å². The first-order valence-electron chi connectivity index (χ1n) is 11.0. The zero-order valence-electron chi connectivity index (χ0n) is 17.9. The van der Waals surface area contributed by atoms with E-state index in [1.165, 1.54) is 11.6 Å². The third kappa shape index (κ3) is 3.65. The minimum atomic E-state index is -0.268. The normalized spacial score (nSPS) is 17.5. The maximum absolute atomic E-state index is 14.3. The van der Waals surface area contributed by atoms with Crippen LogP contribution in [-0.4, -0.2) is 36.1 Å². The number of nitrogens with one attached hydrogen (secondary N) is 1. The Bertz CT molecular complexity index is 1100. The molecule has 31 heavy (non-hydrogen) atoms. The molecule has 2 fully saturated rings. The van der Waals surface area contributed by atoms with Crippen molar-refractivity contribution in [2.45, 2.75) is 26.2 Å². The summed E-state index contributed by atoms with van der Waals surface area (Å²) in [4.78, 5) is 11.7. The first kappa shape index (κ1) is 19.9. The van der Waals surface area contributed by atoms with Gasteiger partial charge in [0.25, 0.3) is 0 Å². The van der Waals surface area contributed by atoms with E-state index in [0.717, 1.165) is 67.9 Å². The van der Waals surface area contributed by atoms with Gasteiger partial charge in [-0.15, -0.1) is 0 Å². The molecule has 2 aliphatic heterocycles. The minimum Gasteiger partial charge on any atom is -0.394 e. The van der Waals surface area contributed by atoms with Gasteiger partial charge in [0.05, 0.1) is 11.9 Å². The summed E-state index contributed by atoms with van der Waals surface area (Å²) in [6, 6.07) is 12.9. The average Bonchev–Trinajstić information content (AvgIpc) is 2.78. The molecule has 2 aromatic carbocycles. The molecule has 0 saturated carbocycles. The SMILES string of the molecule is CCc1ccccc1-c1cc(F)ccc1-c1ncc(N)c(N2CCC3(CC2)CNC3)n1. The van der Waals surface area contributed by atoms with Gasteiger partial charge in [-0.05, 0) is 59.6 Å². The van der Waals surface area contributed by atoms with Crippen molar-refractivity contribution in [3.63, 3.8) is 0 Å². The highest BCUT2D eigenvalue weighted by Gasteiger charge is 2.40. The molecule has 0 aliphatic carbocycles. The highest BCUT2D eigenvalue weighted by Crippen LogP contribution is 2.38. The zero-order chi connectivity index (χ0) is 21.4. The van der Waals surface area contributed by atoms with E-state index in [1.807, 2.05) is 18.2 Å². The Morgan fingerprint density at radius 1 is 1.06 bits per heavy atom. The first-order valence-corrected chi connectivity index (χ1v) is 11.0. The summed E-state index contributed by atoms with van der Waals surface area (Å²) in [7, 11) is 0. The Morgan fingerprint density at radius 2 is 1.84 bits per heavy atom. The van der Waals surface area contributed by atoms with Gasteiger partial charge < -0.3 is 16.0 Å². The molecule has 0 unspecified atom stereocenters. The second-order valence-corrected chi connectivity index (χ2v) is 8.76. The number of nitrogen functional groups attached to an aromatic ring is 1. The van der Waals surface area contributed by atoms with Crippen molar-refractivity contribution in [3.05, 3.63) is 60.0 Å². The third-order valence-corrected chi connectivity index (χ3v) is 6.83. The molecular weight excluding hydrogens is 389 g/mol. The Labute approximate surface area is 182 Å². The maximum Gasteiger partial charge on any atom is 0.162 e. The number of rotatable bonds is 4. The van der Waals surface area contributed by atoms with Crippen molar-refractivity contribution >= 4 is 11.5 Å². The number of halogens is 1. The quantitative estimate of drug-likeness (QED) is 0.663. The van der Waals surface area contributed by atoms with Crippen LogP contribution in [-0.2, 0) is 6.42 Å². The Morgan fingerprint density at radius 3 is 2.55 bits per heavy atom. The summed E-state index contributed by atoms with van der Waals surface area (Å²) in [6.45, 7) is 6.22. The summed E-state index contributed by atoms with van der Waals surface area (Å²) in [5.74, 6) is 1.10. The summed E-state index contributed by atoms with van der Waals surface area (Å²) >= 11 is 0. The molecule has 160 valence electrons. The topological polar surface area (TPSA) is 67.1 Å². The summed E-state index contributed by atoms with van der Waals surface area (Å²) in [5, 5.41) is 3.40. The molecule has 1 spiro atoms. The number of nitrogens with zero attached hydrogens (tertiary/aromatic N) is 3. The second-order valence-electron chi connectivity index (χ2n) is 8.76. The fourth-order valence-corrected chi connectivity index (χ4v) is 4.82. The molecule has 0 radical (unpaired) electrons. The molecule has 2 saturated heterocycles. The highest BCUT2D eigenvalue weighted by atomic mass is 19.1. The fourth-order valence-electron chi connectivity index (χ4n) is 4.82. The van der Waals surface area contributed by atoms with Crippen molar-refractivity contribution in [1.29, 1.82) is 0 Å². The number of aryl methyl sites for hydroxylation is 1.